The van der Waals surface area contributed by atoms with E-state index in [-0.39, 0.29) is 5.91 Å². The molecule has 5 nitrogen and oxygen atoms in total. The number of anilines is 2. The number of benzene rings is 3. The van der Waals surface area contributed by atoms with E-state index in [0.717, 1.165) is 27.3 Å². The fourth-order valence-electron chi connectivity index (χ4n) is 4.53. The van der Waals surface area contributed by atoms with Crippen molar-refractivity contribution in [2.24, 2.45) is 5.92 Å². The predicted molar refractivity (Wildman–Crippen MR) is 115 cm³/mol. The number of hydrogen-bond donors (Lipinski definition) is 0. The van der Waals surface area contributed by atoms with Crippen LogP contribution in [0.3, 0.4) is 0 Å². The molecule has 5 rings (SSSR count). The third kappa shape index (κ3) is 3.11. The molecule has 3 aromatic rings. The number of rotatable bonds is 3. The highest BCUT2D eigenvalue weighted by Gasteiger charge is 2.60. The molecule has 0 aromatic heterocycles. The number of nitrogens with zero attached hydrogens (tertiary/aromatic N) is 2. The topological polar surface area (TPSA) is 49.9 Å². The van der Waals surface area contributed by atoms with E-state index in [1.165, 1.54) is 24.3 Å². The minimum Gasteiger partial charge on any atom is -0.273 e. The molecule has 6 heteroatoms. The van der Waals surface area contributed by atoms with Crippen molar-refractivity contribution in [2.45, 2.75) is 26.0 Å². The minimum absolute atomic E-state index is 0.343. The number of carbonyl (C=O) groups is 2. The van der Waals surface area contributed by atoms with Gasteiger partial charge in [-0.05, 0) is 61.4 Å². The van der Waals surface area contributed by atoms with Gasteiger partial charge in [0.25, 0.3) is 5.91 Å². The zero-order chi connectivity index (χ0) is 21.7. The van der Waals surface area contributed by atoms with Crippen LogP contribution >= 0.6 is 0 Å². The molecule has 0 bridgehead atoms. The van der Waals surface area contributed by atoms with Crippen LogP contribution in [-0.2, 0) is 14.4 Å². The molecular weight excluding hydrogens is 395 g/mol. The first-order valence-corrected chi connectivity index (χ1v) is 10.2. The van der Waals surface area contributed by atoms with Crippen molar-refractivity contribution in [1.29, 1.82) is 0 Å². The van der Waals surface area contributed by atoms with Crippen molar-refractivity contribution >= 4 is 23.2 Å². The number of amides is 2. The van der Waals surface area contributed by atoms with Crippen LogP contribution in [0.15, 0.2) is 72.8 Å². The van der Waals surface area contributed by atoms with E-state index in [2.05, 4.69) is 6.07 Å². The van der Waals surface area contributed by atoms with E-state index < -0.39 is 29.8 Å². The second-order valence-electron chi connectivity index (χ2n) is 8.01. The van der Waals surface area contributed by atoms with Gasteiger partial charge in [-0.25, -0.2) is 14.4 Å². The number of halogens is 1. The Labute approximate surface area is 179 Å². The lowest BCUT2D eigenvalue weighted by Crippen LogP contribution is -2.37. The maximum atomic E-state index is 13.5. The fourth-order valence-corrected chi connectivity index (χ4v) is 4.53. The number of aryl methyl sites for hydroxylation is 2. The summed E-state index contributed by atoms with van der Waals surface area (Å²) in [6.07, 6.45) is -0.941. The van der Waals surface area contributed by atoms with Gasteiger partial charge in [0.1, 0.15) is 11.7 Å². The Bertz CT molecular complexity index is 1160. The van der Waals surface area contributed by atoms with E-state index in [0.29, 0.717) is 5.69 Å². The van der Waals surface area contributed by atoms with Gasteiger partial charge in [-0.1, -0.05) is 42.0 Å². The molecule has 3 atom stereocenters. The fraction of sp³-hybridized carbons (Fsp3) is 0.200. The maximum absolute atomic E-state index is 13.5. The smallest absolute Gasteiger partial charge is 0.266 e. The van der Waals surface area contributed by atoms with Crippen molar-refractivity contribution in [1.82, 2.24) is 0 Å². The summed E-state index contributed by atoms with van der Waals surface area (Å²) < 4.78 is 13.4. The van der Waals surface area contributed by atoms with Gasteiger partial charge in [-0.2, -0.15) is 0 Å². The molecule has 2 heterocycles. The van der Waals surface area contributed by atoms with Gasteiger partial charge >= 0.3 is 0 Å². The predicted octanol–water partition coefficient (Wildman–Crippen LogP) is 4.49. The van der Waals surface area contributed by atoms with Crippen LogP contribution in [0.5, 0.6) is 0 Å². The summed E-state index contributed by atoms with van der Waals surface area (Å²) >= 11 is 0. The van der Waals surface area contributed by atoms with Gasteiger partial charge in [0.15, 0.2) is 6.10 Å². The van der Waals surface area contributed by atoms with E-state index in [9.17, 15) is 14.0 Å². The normalized spacial score (nSPS) is 22.9. The van der Waals surface area contributed by atoms with Gasteiger partial charge in [0.05, 0.1) is 17.4 Å². The summed E-state index contributed by atoms with van der Waals surface area (Å²) in [5, 5.41) is 1.69. The Balaban J connectivity index is 1.61. The molecular formula is C25H21FN2O3. The molecule has 2 aliphatic rings. The number of hydroxylamine groups is 1. The Morgan fingerprint density at radius 2 is 1.55 bits per heavy atom. The van der Waals surface area contributed by atoms with E-state index in [1.54, 1.807) is 5.06 Å². The largest absolute Gasteiger partial charge is 0.273 e. The Morgan fingerprint density at radius 3 is 2.23 bits per heavy atom. The highest BCUT2D eigenvalue weighted by molar-refractivity contribution is 6.23. The molecule has 2 fully saturated rings. The number of carbonyl (C=O) groups excluding carboxylic acids is 2. The Kier molecular flexibility index (Phi) is 4.59. The molecule has 0 radical (unpaired) electrons. The average molecular weight is 416 g/mol. The zero-order valence-electron chi connectivity index (χ0n) is 17.2. The molecule has 0 aliphatic carbocycles. The molecule has 0 N–H and O–H groups in total. The third-order valence-corrected chi connectivity index (χ3v) is 5.95. The minimum atomic E-state index is -0.941. The van der Waals surface area contributed by atoms with Crippen LogP contribution in [0.4, 0.5) is 15.8 Å². The Morgan fingerprint density at radius 1 is 0.839 bits per heavy atom. The van der Waals surface area contributed by atoms with Crippen LogP contribution < -0.4 is 9.96 Å². The van der Waals surface area contributed by atoms with Crippen LogP contribution in [0.2, 0.25) is 0 Å². The monoisotopic (exact) mass is 416 g/mol. The SMILES string of the molecule is Cc1ccc([C@H]2[C@@H]3C(=O)N(c4ccc(F)cc4)C(=O)[C@H]3ON2c2ccccc2)c(C)c1. The molecule has 156 valence electrons. The van der Waals surface area contributed by atoms with Gasteiger partial charge in [0, 0.05) is 0 Å². The van der Waals surface area contributed by atoms with Crippen molar-refractivity contribution in [3.8, 4) is 0 Å². The second-order valence-corrected chi connectivity index (χ2v) is 8.01. The first kappa shape index (κ1) is 19.5. The van der Waals surface area contributed by atoms with Gasteiger partial charge < -0.3 is 0 Å². The van der Waals surface area contributed by atoms with Crippen molar-refractivity contribution in [3.05, 3.63) is 95.3 Å². The lowest BCUT2D eigenvalue weighted by atomic mass is 9.87. The van der Waals surface area contributed by atoms with E-state index >= 15 is 0 Å². The highest BCUT2D eigenvalue weighted by atomic mass is 19.1. The molecule has 2 saturated heterocycles. The molecule has 2 aliphatic heterocycles. The standard InChI is InChI=1S/C25H21FN2O3/c1-15-8-13-20(16(2)14-15)22-21-23(31-28(22)19-6-4-3-5-7-19)25(30)27(24(21)29)18-11-9-17(26)10-12-18/h3-14,21-23H,1-2H3/t21-,22-,23-/m0/s1. The van der Waals surface area contributed by atoms with Crippen molar-refractivity contribution < 1.29 is 18.8 Å². The first-order valence-electron chi connectivity index (χ1n) is 10.2. The van der Waals surface area contributed by atoms with Crippen molar-refractivity contribution in [3.63, 3.8) is 0 Å². The van der Waals surface area contributed by atoms with E-state index in [4.69, 9.17) is 4.84 Å². The highest BCUT2D eigenvalue weighted by Crippen LogP contribution is 2.48. The lowest BCUT2D eigenvalue weighted by Gasteiger charge is -2.29. The molecule has 2 amide bonds. The molecule has 0 saturated carbocycles. The molecule has 3 aromatic carbocycles. The van der Waals surface area contributed by atoms with Crippen molar-refractivity contribution in [2.75, 3.05) is 9.96 Å². The molecule has 0 unspecified atom stereocenters. The number of fused-ring (bicyclic) bond motifs is 1. The summed E-state index contributed by atoms with van der Waals surface area (Å²) in [7, 11) is 0. The van der Waals surface area contributed by atoms with E-state index in [1.807, 2.05) is 56.3 Å². The van der Waals surface area contributed by atoms with Crippen LogP contribution in [0.1, 0.15) is 22.7 Å². The van der Waals surface area contributed by atoms with Gasteiger partial charge in [0.2, 0.25) is 5.91 Å². The average Bonchev–Trinajstić information content (AvgIpc) is 3.26. The zero-order valence-corrected chi connectivity index (χ0v) is 17.2. The van der Waals surface area contributed by atoms with Crippen LogP contribution in [0.25, 0.3) is 0 Å². The van der Waals surface area contributed by atoms with Gasteiger partial charge in [-0.15, -0.1) is 0 Å². The summed E-state index contributed by atoms with van der Waals surface area (Å²) in [6.45, 7) is 4.01. The second kappa shape index (κ2) is 7.32. The van der Waals surface area contributed by atoms with Crippen LogP contribution in [0, 0.1) is 25.6 Å². The number of hydrogen-bond acceptors (Lipinski definition) is 4. The summed E-state index contributed by atoms with van der Waals surface area (Å²) in [6, 6.07) is 20.4. The quantitative estimate of drug-likeness (QED) is 0.590. The summed E-state index contributed by atoms with van der Waals surface area (Å²) in [5.74, 6) is -1.92. The third-order valence-electron chi connectivity index (χ3n) is 5.95. The maximum Gasteiger partial charge on any atom is 0.266 e. The summed E-state index contributed by atoms with van der Waals surface area (Å²) in [4.78, 5) is 34.0. The van der Waals surface area contributed by atoms with Crippen LogP contribution in [-0.4, -0.2) is 17.9 Å². The van der Waals surface area contributed by atoms with Gasteiger partial charge in [-0.3, -0.25) is 14.4 Å². The summed E-state index contributed by atoms with van der Waals surface area (Å²) in [5.41, 5.74) is 4.19. The molecule has 31 heavy (non-hydrogen) atoms. The molecule has 0 spiro atoms. The first-order chi connectivity index (χ1) is 15.0. The number of imide groups is 1. The Hall–Kier alpha value is -3.51. The lowest BCUT2D eigenvalue weighted by molar-refractivity contribution is -0.126. The number of para-hydroxylation sites is 1.